The first-order valence-corrected chi connectivity index (χ1v) is 21.4. The minimum atomic E-state index is -4.67. The summed E-state index contributed by atoms with van der Waals surface area (Å²) in [4.78, 5) is 56.1. The Morgan fingerprint density at radius 2 is 1.75 bits per heavy atom. The minimum Gasteiger partial charge on any atom is -0.396 e. The van der Waals surface area contributed by atoms with Crippen molar-refractivity contribution in [2.45, 2.75) is 89.0 Å². The molecule has 3 amide bonds. The summed E-state index contributed by atoms with van der Waals surface area (Å²) >= 11 is 2.91. The smallest absolute Gasteiger partial charge is 0.396 e. The maximum absolute atomic E-state index is 14.9. The van der Waals surface area contributed by atoms with E-state index in [2.05, 4.69) is 15.3 Å². The summed E-state index contributed by atoms with van der Waals surface area (Å²) in [5.74, 6) is -2.88. The van der Waals surface area contributed by atoms with Gasteiger partial charge in [0, 0.05) is 73.7 Å². The maximum Gasteiger partial charge on any atom is 0.403 e. The second kappa shape index (κ2) is 15.1. The molecule has 0 unspecified atom stereocenters. The molecule has 3 atom stereocenters. The molecule has 5 aliphatic rings. The zero-order valence-electron chi connectivity index (χ0n) is 31.4. The van der Waals surface area contributed by atoms with E-state index in [1.165, 1.54) is 28.4 Å². The van der Waals surface area contributed by atoms with E-state index in [0.717, 1.165) is 37.1 Å². The lowest BCUT2D eigenvalue weighted by molar-refractivity contribution is -0.205. The van der Waals surface area contributed by atoms with Gasteiger partial charge in [0.25, 0.3) is 0 Å². The summed E-state index contributed by atoms with van der Waals surface area (Å²) in [7, 11) is 0. The second-order valence-electron chi connectivity index (χ2n) is 16.9. The van der Waals surface area contributed by atoms with E-state index in [9.17, 15) is 37.1 Å². The molecule has 0 bridgehead atoms. The number of anilines is 1. The highest BCUT2D eigenvalue weighted by Gasteiger charge is 2.71. The number of likely N-dealkylation sites (tertiary alicyclic amines) is 2. The molecule has 1 spiro atoms. The Morgan fingerprint density at radius 3 is 2.39 bits per heavy atom. The highest BCUT2D eigenvalue weighted by molar-refractivity contribution is 7.17. The third-order valence-electron chi connectivity index (χ3n) is 13.2. The lowest BCUT2D eigenvalue weighted by Crippen LogP contribution is -2.67. The maximum atomic E-state index is 14.9. The van der Waals surface area contributed by atoms with Gasteiger partial charge in [-0.2, -0.15) is 13.2 Å². The fourth-order valence-electron chi connectivity index (χ4n) is 9.56. The number of aromatic nitrogens is 2. The molecule has 3 saturated heterocycles. The van der Waals surface area contributed by atoms with Crippen molar-refractivity contribution in [2.75, 3.05) is 57.4 Å². The van der Waals surface area contributed by atoms with E-state index in [0.29, 0.717) is 41.8 Å². The fraction of sp³-hybridized carbons (Fsp3) is 0.667. The first-order chi connectivity index (χ1) is 26.8. The number of benzene rings is 1. The van der Waals surface area contributed by atoms with Crippen LogP contribution >= 0.6 is 22.7 Å². The van der Waals surface area contributed by atoms with E-state index in [1.807, 2.05) is 10.3 Å². The van der Waals surface area contributed by atoms with Gasteiger partial charge in [-0.3, -0.25) is 14.4 Å². The van der Waals surface area contributed by atoms with E-state index in [-0.39, 0.29) is 64.1 Å². The van der Waals surface area contributed by atoms with Gasteiger partial charge >= 0.3 is 6.18 Å². The molecule has 3 aromatic rings. The van der Waals surface area contributed by atoms with Crippen LogP contribution < -0.4 is 10.2 Å². The van der Waals surface area contributed by atoms with Crippen molar-refractivity contribution in [3.05, 3.63) is 40.0 Å². The van der Waals surface area contributed by atoms with Crippen LogP contribution in [0.1, 0.15) is 75.6 Å². The van der Waals surface area contributed by atoms with E-state index >= 15 is 0 Å². The third-order valence-corrected chi connectivity index (χ3v) is 15.0. The molecule has 2 N–H and O–H groups in total. The minimum absolute atomic E-state index is 0.0483. The number of carbonyl (C=O) groups is 3. The summed E-state index contributed by atoms with van der Waals surface area (Å²) in [6, 6.07) is 1.61. The van der Waals surface area contributed by atoms with Crippen LogP contribution in [-0.2, 0) is 19.1 Å². The molecule has 56 heavy (non-hydrogen) atoms. The molecule has 11 nitrogen and oxygen atoms in total. The number of fused-ring (bicyclic) bond motifs is 1. The molecule has 3 aliphatic heterocycles. The van der Waals surface area contributed by atoms with Gasteiger partial charge in [0.15, 0.2) is 0 Å². The van der Waals surface area contributed by atoms with E-state index < -0.39 is 58.1 Å². The molecule has 5 fully saturated rings. The lowest BCUT2D eigenvalue weighted by atomic mass is 9.70. The number of nitrogens with one attached hydrogen (secondary N) is 1. The number of rotatable bonds is 11. The molecular weight excluding hydrogens is 773 g/mol. The third kappa shape index (κ3) is 7.18. The summed E-state index contributed by atoms with van der Waals surface area (Å²) in [6.07, 6.45) is 1.84. The van der Waals surface area contributed by atoms with Crippen LogP contribution in [0.4, 0.5) is 23.2 Å². The number of nitrogens with zero attached hydrogens (tertiary/aromatic N) is 5. The molecule has 17 heteroatoms. The van der Waals surface area contributed by atoms with E-state index in [1.54, 1.807) is 34.9 Å². The van der Waals surface area contributed by atoms with Crippen molar-refractivity contribution >= 4 is 56.3 Å². The van der Waals surface area contributed by atoms with Gasteiger partial charge in [-0.05, 0) is 51.5 Å². The Kier molecular flexibility index (Phi) is 10.6. The summed E-state index contributed by atoms with van der Waals surface area (Å²) in [5, 5.41) is 16.4. The second-order valence-corrected chi connectivity index (χ2v) is 18.6. The fourth-order valence-corrected chi connectivity index (χ4v) is 11.2. The molecule has 2 saturated carbocycles. The van der Waals surface area contributed by atoms with Gasteiger partial charge in [-0.15, -0.1) is 22.7 Å². The highest BCUT2D eigenvalue weighted by Crippen LogP contribution is 2.60. The van der Waals surface area contributed by atoms with Crippen LogP contribution in [0.3, 0.4) is 0 Å². The first-order valence-electron chi connectivity index (χ1n) is 19.6. The van der Waals surface area contributed by atoms with Crippen LogP contribution in [0, 0.1) is 28.0 Å². The predicted octanol–water partition coefficient (Wildman–Crippen LogP) is 5.74. The van der Waals surface area contributed by atoms with Crippen LogP contribution in [0.5, 0.6) is 0 Å². The molecule has 1 aromatic carbocycles. The lowest BCUT2D eigenvalue weighted by Gasteiger charge is -2.51. The number of ether oxygens (including phenoxy) is 1. The Bertz CT molecular complexity index is 1920. The standard InChI is InChI=1S/C39H48F4N6O5S2/c1-24(54-22-36(21-50)7-3-2-4-8-36)30(34(52)47-12-5-25(6-13-47)33-44-11-14-55-33)46-32(51)27-17-48(29-16-26(40)15-28-31(29)56-23-45-28)18-37(27)19-49(20-37)35(53)38(9-10-38)39(41,42)43/h11,14-16,23-25,27,30,50H,2-10,12-13,17-22H2,1H3,(H,46,51)/t24-,27+,30+/m1/s1. The van der Waals surface area contributed by atoms with Gasteiger partial charge in [-0.25, -0.2) is 14.4 Å². The average Bonchev–Trinajstić information content (AvgIpc) is 3.47. The number of aliphatic hydroxyl groups is 1. The molecule has 2 aromatic heterocycles. The Morgan fingerprint density at radius 1 is 1.02 bits per heavy atom. The molecule has 304 valence electrons. The summed E-state index contributed by atoms with van der Waals surface area (Å²) in [5.41, 5.74) is -1.19. The number of hydrogen-bond donors (Lipinski definition) is 2. The monoisotopic (exact) mass is 820 g/mol. The van der Waals surface area contributed by atoms with Crippen LogP contribution in [0.25, 0.3) is 10.2 Å². The van der Waals surface area contributed by atoms with Crippen molar-refractivity contribution in [1.29, 1.82) is 0 Å². The first kappa shape index (κ1) is 39.4. The number of thiazole rings is 2. The number of piperidine rings is 1. The van der Waals surface area contributed by atoms with Crippen molar-refractivity contribution in [3.8, 4) is 0 Å². The summed E-state index contributed by atoms with van der Waals surface area (Å²) < 4.78 is 64.1. The Balaban J connectivity index is 1.05. The van der Waals surface area contributed by atoms with Crippen molar-refractivity contribution in [1.82, 2.24) is 25.1 Å². The summed E-state index contributed by atoms with van der Waals surface area (Å²) in [6.45, 7) is 2.99. The SMILES string of the molecule is C[C@@H](OCC1(CO)CCCCC1)[C@H](NC(=O)[C@@H]1CN(c2cc(F)cc3ncsc23)CC12CN(C(=O)C1(C(F)(F)F)CC1)C2)C(=O)N1CCC(c2nccs2)CC1. The average molecular weight is 821 g/mol. The topological polar surface area (TPSA) is 128 Å². The molecule has 8 rings (SSSR count). The molecule has 5 heterocycles. The van der Waals surface area contributed by atoms with Gasteiger partial charge in [0.1, 0.15) is 17.3 Å². The number of hydrogen-bond acceptors (Lipinski definition) is 10. The Hall–Kier alpha value is -3.41. The van der Waals surface area contributed by atoms with Crippen LogP contribution in [0.2, 0.25) is 0 Å². The normalized spacial score (nSPS) is 24.2. The number of alkyl halides is 3. The van der Waals surface area contributed by atoms with Crippen molar-refractivity contribution in [2.24, 2.45) is 22.2 Å². The van der Waals surface area contributed by atoms with Crippen molar-refractivity contribution in [3.63, 3.8) is 0 Å². The van der Waals surface area contributed by atoms with Gasteiger partial charge in [-0.1, -0.05) is 19.3 Å². The molecule has 0 radical (unpaired) electrons. The predicted molar refractivity (Wildman–Crippen MR) is 203 cm³/mol. The number of carbonyl (C=O) groups excluding carboxylic acids is 3. The zero-order chi connectivity index (χ0) is 39.5. The largest absolute Gasteiger partial charge is 0.403 e. The van der Waals surface area contributed by atoms with Crippen molar-refractivity contribution < 1.29 is 41.8 Å². The number of amides is 3. The number of halogens is 4. The number of aliphatic hydroxyl groups excluding tert-OH is 1. The van der Waals surface area contributed by atoms with Gasteiger partial charge in [0.2, 0.25) is 17.7 Å². The Labute approximate surface area is 330 Å². The van der Waals surface area contributed by atoms with Crippen LogP contribution in [-0.4, -0.2) is 113 Å². The van der Waals surface area contributed by atoms with Gasteiger partial charge < -0.3 is 29.9 Å². The molecular formula is C39H48F4N6O5S2. The quantitative estimate of drug-likeness (QED) is 0.235. The highest BCUT2D eigenvalue weighted by atomic mass is 32.1. The molecule has 2 aliphatic carbocycles. The van der Waals surface area contributed by atoms with E-state index in [4.69, 9.17) is 4.74 Å². The van der Waals surface area contributed by atoms with Gasteiger partial charge in [0.05, 0.1) is 51.7 Å². The zero-order valence-corrected chi connectivity index (χ0v) is 33.0. The van der Waals surface area contributed by atoms with Crippen LogP contribution in [0.15, 0.2) is 29.2 Å².